The fraction of sp³-hybridized carbons (Fsp3) is 0.409. The van der Waals surface area contributed by atoms with Gasteiger partial charge in [-0.2, -0.15) is 0 Å². The molecular formula is C22H26N6O. The van der Waals surface area contributed by atoms with Gasteiger partial charge in [-0.1, -0.05) is 12.1 Å². The maximum absolute atomic E-state index is 12.1. The fourth-order valence-electron chi connectivity index (χ4n) is 3.97. The highest BCUT2D eigenvalue weighted by molar-refractivity contribution is 5.94. The molecule has 2 saturated carbocycles. The van der Waals surface area contributed by atoms with Crippen molar-refractivity contribution in [3.05, 3.63) is 42.6 Å². The van der Waals surface area contributed by atoms with Crippen LogP contribution >= 0.6 is 0 Å². The van der Waals surface area contributed by atoms with Crippen molar-refractivity contribution in [2.75, 3.05) is 10.6 Å². The SMILES string of the molecule is NC1CCC(Nc2ccc3ncc(-c4cccc(NC(=O)C5CC5)c4)n3n2)CC1. The summed E-state index contributed by atoms with van der Waals surface area (Å²) < 4.78 is 1.86. The van der Waals surface area contributed by atoms with E-state index in [1.54, 1.807) is 0 Å². The summed E-state index contributed by atoms with van der Waals surface area (Å²) in [5.41, 5.74) is 9.49. The molecular weight excluding hydrogens is 364 g/mol. The van der Waals surface area contributed by atoms with Crippen LogP contribution in [0, 0.1) is 5.92 Å². The summed E-state index contributed by atoms with van der Waals surface area (Å²) in [6, 6.07) is 12.6. The molecule has 0 spiro atoms. The lowest BCUT2D eigenvalue weighted by Crippen LogP contribution is -2.33. The number of rotatable bonds is 5. The molecule has 3 aromatic rings. The molecule has 29 heavy (non-hydrogen) atoms. The first kappa shape index (κ1) is 18.1. The first-order chi connectivity index (χ1) is 14.2. The molecule has 0 saturated heterocycles. The fourth-order valence-corrected chi connectivity index (χ4v) is 3.97. The molecule has 2 fully saturated rings. The molecule has 0 aliphatic heterocycles. The van der Waals surface area contributed by atoms with Crippen molar-refractivity contribution in [1.29, 1.82) is 0 Å². The van der Waals surface area contributed by atoms with Crippen molar-refractivity contribution in [3.63, 3.8) is 0 Å². The van der Waals surface area contributed by atoms with E-state index in [9.17, 15) is 4.79 Å². The van der Waals surface area contributed by atoms with Crippen LogP contribution in [0.1, 0.15) is 38.5 Å². The van der Waals surface area contributed by atoms with Gasteiger partial charge in [0.25, 0.3) is 0 Å². The summed E-state index contributed by atoms with van der Waals surface area (Å²) in [6.45, 7) is 0. The smallest absolute Gasteiger partial charge is 0.227 e. The van der Waals surface area contributed by atoms with E-state index in [2.05, 4.69) is 15.6 Å². The van der Waals surface area contributed by atoms with Gasteiger partial charge in [0.05, 0.1) is 11.9 Å². The van der Waals surface area contributed by atoms with Gasteiger partial charge >= 0.3 is 0 Å². The molecule has 4 N–H and O–H groups in total. The summed E-state index contributed by atoms with van der Waals surface area (Å²) in [4.78, 5) is 16.6. The van der Waals surface area contributed by atoms with Crippen molar-refractivity contribution < 1.29 is 4.79 Å². The molecule has 1 aromatic carbocycles. The molecule has 7 heteroatoms. The third-order valence-corrected chi connectivity index (χ3v) is 5.86. The molecule has 5 rings (SSSR count). The molecule has 2 aromatic heterocycles. The highest BCUT2D eigenvalue weighted by atomic mass is 16.2. The van der Waals surface area contributed by atoms with Gasteiger partial charge in [0.2, 0.25) is 5.91 Å². The van der Waals surface area contributed by atoms with Gasteiger partial charge in [-0.25, -0.2) is 9.50 Å². The molecule has 2 heterocycles. The van der Waals surface area contributed by atoms with Gasteiger partial charge in [-0.05, 0) is 62.8 Å². The van der Waals surface area contributed by atoms with E-state index in [0.717, 1.165) is 66.9 Å². The van der Waals surface area contributed by atoms with Crippen LogP contribution in [-0.2, 0) is 4.79 Å². The Morgan fingerprint density at radius 3 is 2.69 bits per heavy atom. The number of amides is 1. The summed E-state index contributed by atoms with van der Waals surface area (Å²) in [5.74, 6) is 1.13. The number of anilines is 2. The minimum atomic E-state index is 0.108. The lowest BCUT2D eigenvalue weighted by molar-refractivity contribution is -0.117. The second kappa shape index (κ2) is 7.48. The number of benzene rings is 1. The zero-order valence-corrected chi connectivity index (χ0v) is 16.3. The Kier molecular flexibility index (Phi) is 4.67. The van der Waals surface area contributed by atoms with Crippen molar-refractivity contribution in [3.8, 4) is 11.3 Å². The van der Waals surface area contributed by atoms with Gasteiger partial charge in [0.15, 0.2) is 5.65 Å². The minimum absolute atomic E-state index is 0.108. The Balaban J connectivity index is 1.39. The third-order valence-electron chi connectivity index (χ3n) is 5.86. The van der Waals surface area contributed by atoms with E-state index in [-0.39, 0.29) is 11.8 Å². The number of carbonyl (C=O) groups is 1. The van der Waals surface area contributed by atoms with E-state index >= 15 is 0 Å². The number of hydrogen-bond donors (Lipinski definition) is 3. The molecule has 7 nitrogen and oxygen atoms in total. The number of nitrogens with one attached hydrogen (secondary N) is 2. The summed E-state index contributed by atoms with van der Waals surface area (Å²) in [7, 11) is 0. The highest BCUT2D eigenvalue weighted by Crippen LogP contribution is 2.31. The molecule has 0 bridgehead atoms. The standard InChI is InChI=1S/C22H26N6O/c23-16-6-8-17(9-7-16)25-20-10-11-21-24-13-19(28(21)27-20)15-2-1-3-18(12-15)26-22(29)14-4-5-14/h1-3,10-14,16-17H,4-9,23H2,(H,25,27)(H,26,29). The van der Waals surface area contributed by atoms with Crippen LogP contribution in [0.2, 0.25) is 0 Å². The molecule has 1 amide bonds. The molecule has 0 radical (unpaired) electrons. The molecule has 2 aliphatic rings. The normalized spacial score (nSPS) is 21.8. The highest BCUT2D eigenvalue weighted by Gasteiger charge is 2.29. The minimum Gasteiger partial charge on any atom is -0.366 e. The number of nitrogens with zero attached hydrogens (tertiary/aromatic N) is 3. The summed E-state index contributed by atoms with van der Waals surface area (Å²) >= 11 is 0. The largest absolute Gasteiger partial charge is 0.366 e. The second-order valence-electron chi connectivity index (χ2n) is 8.23. The predicted molar refractivity (Wildman–Crippen MR) is 114 cm³/mol. The Bertz CT molecular complexity index is 1030. The van der Waals surface area contributed by atoms with Crippen LogP contribution in [0.3, 0.4) is 0 Å². The van der Waals surface area contributed by atoms with Crippen LogP contribution in [-0.4, -0.2) is 32.6 Å². The van der Waals surface area contributed by atoms with Crippen LogP contribution in [0.4, 0.5) is 11.5 Å². The monoisotopic (exact) mass is 390 g/mol. The molecule has 150 valence electrons. The quantitative estimate of drug-likeness (QED) is 0.620. The lowest BCUT2D eigenvalue weighted by Gasteiger charge is -2.27. The third kappa shape index (κ3) is 3.96. The summed E-state index contributed by atoms with van der Waals surface area (Å²) in [5, 5.41) is 11.3. The van der Waals surface area contributed by atoms with Crippen LogP contribution in [0.15, 0.2) is 42.6 Å². The maximum Gasteiger partial charge on any atom is 0.227 e. The van der Waals surface area contributed by atoms with Crippen molar-refractivity contribution >= 4 is 23.1 Å². The van der Waals surface area contributed by atoms with Crippen molar-refractivity contribution in [2.24, 2.45) is 11.7 Å². The first-order valence-electron chi connectivity index (χ1n) is 10.4. The number of hydrogen-bond acceptors (Lipinski definition) is 5. The molecule has 0 unspecified atom stereocenters. The van der Waals surface area contributed by atoms with Gasteiger partial charge in [0.1, 0.15) is 5.82 Å². The van der Waals surface area contributed by atoms with Crippen LogP contribution in [0.25, 0.3) is 16.9 Å². The van der Waals surface area contributed by atoms with E-state index in [1.807, 2.05) is 47.1 Å². The van der Waals surface area contributed by atoms with Gasteiger partial charge in [0, 0.05) is 29.3 Å². The molecule has 0 atom stereocenters. The number of aromatic nitrogens is 3. The average Bonchev–Trinajstić information content (AvgIpc) is 3.50. The zero-order chi connectivity index (χ0) is 19.8. The topological polar surface area (TPSA) is 97.3 Å². The average molecular weight is 390 g/mol. The zero-order valence-electron chi connectivity index (χ0n) is 16.3. The van der Waals surface area contributed by atoms with Crippen LogP contribution in [0.5, 0.6) is 0 Å². The Morgan fingerprint density at radius 1 is 1.07 bits per heavy atom. The number of nitrogens with two attached hydrogens (primary N) is 1. The lowest BCUT2D eigenvalue weighted by atomic mass is 9.92. The van der Waals surface area contributed by atoms with E-state index < -0.39 is 0 Å². The number of fused-ring (bicyclic) bond motifs is 1. The van der Waals surface area contributed by atoms with E-state index in [1.165, 1.54) is 0 Å². The Labute approximate surface area is 169 Å². The first-order valence-corrected chi connectivity index (χ1v) is 10.4. The van der Waals surface area contributed by atoms with Crippen molar-refractivity contribution in [2.45, 2.75) is 50.6 Å². The van der Waals surface area contributed by atoms with E-state index in [0.29, 0.717) is 12.1 Å². The second-order valence-corrected chi connectivity index (χ2v) is 8.23. The summed E-state index contributed by atoms with van der Waals surface area (Å²) in [6.07, 6.45) is 8.05. The predicted octanol–water partition coefficient (Wildman–Crippen LogP) is 3.43. The van der Waals surface area contributed by atoms with Gasteiger partial charge in [-0.3, -0.25) is 4.79 Å². The van der Waals surface area contributed by atoms with E-state index in [4.69, 9.17) is 10.8 Å². The van der Waals surface area contributed by atoms with Gasteiger partial charge in [-0.15, -0.1) is 5.10 Å². The maximum atomic E-state index is 12.1. The Morgan fingerprint density at radius 2 is 1.90 bits per heavy atom. The van der Waals surface area contributed by atoms with Crippen molar-refractivity contribution in [1.82, 2.24) is 14.6 Å². The van der Waals surface area contributed by atoms with Gasteiger partial charge < -0.3 is 16.4 Å². The number of imidazole rings is 1. The molecule has 2 aliphatic carbocycles. The van der Waals surface area contributed by atoms with Crippen LogP contribution < -0.4 is 16.4 Å². The number of carbonyl (C=O) groups excluding carboxylic acids is 1. The Hall–Kier alpha value is -2.93.